The van der Waals surface area contributed by atoms with Crippen LogP contribution in [0.1, 0.15) is 32.6 Å². The van der Waals surface area contributed by atoms with E-state index in [0.717, 1.165) is 37.9 Å². The zero-order valence-electron chi connectivity index (χ0n) is 8.78. The van der Waals surface area contributed by atoms with Crippen molar-refractivity contribution in [2.75, 3.05) is 13.1 Å². The highest BCUT2D eigenvalue weighted by Crippen LogP contribution is 2.33. The maximum atomic E-state index is 10.7. The van der Waals surface area contributed by atoms with Gasteiger partial charge in [-0.3, -0.25) is 4.79 Å². The van der Waals surface area contributed by atoms with Crippen molar-refractivity contribution in [2.45, 2.75) is 38.6 Å². The van der Waals surface area contributed by atoms with Gasteiger partial charge in [0.25, 0.3) is 0 Å². The number of aliphatic carboxylic acids is 1. The van der Waals surface area contributed by atoms with Crippen molar-refractivity contribution in [1.29, 1.82) is 0 Å². The summed E-state index contributed by atoms with van der Waals surface area (Å²) in [7, 11) is 0. The normalized spacial score (nSPS) is 35.2. The van der Waals surface area contributed by atoms with Gasteiger partial charge in [0.05, 0.1) is 5.92 Å². The molecule has 2 aliphatic rings. The second kappa shape index (κ2) is 3.89. The Hall–Kier alpha value is -0.570. The molecule has 3 nitrogen and oxygen atoms in total. The number of carboxylic acids is 1. The molecule has 2 fully saturated rings. The van der Waals surface area contributed by atoms with Gasteiger partial charge in [-0.15, -0.1) is 0 Å². The zero-order chi connectivity index (χ0) is 10.1. The van der Waals surface area contributed by atoms with Gasteiger partial charge in [0, 0.05) is 6.04 Å². The predicted molar refractivity (Wildman–Crippen MR) is 54.1 cm³/mol. The third-order valence-electron chi connectivity index (χ3n) is 3.74. The number of rotatable bonds is 2. The molecule has 14 heavy (non-hydrogen) atoms. The Morgan fingerprint density at radius 1 is 1.29 bits per heavy atom. The van der Waals surface area contributed by atoms with Crippen LogP contribution in [-0.4, -0.2) is 35.1 Å². The van der Waals surface area contributed by atoms with Crippen LogP contribution >= 0.6 is 0 Å². The Kier molecular flexibility index (Phi) is 2.77. The first kappa shape index (κ1) is 9.97. The second-order valence-electron chi connectivity index (χ2n) is 4.88. The Balaban J connectivity index is 1.76. The molecule has 1 N–H and O–H groups in total. The van der Waals surface area contributed by atoms with Crippen LogP contribution in [0.15, 0.2) is 0 Å². The summed E-state index contributed by atoms with van der Waals surface area (Å²) >= 11 is 0. The zero-order valence-corrected chi connectivity index (χ0v) is 8.78. The van der Waals surface area contributed by atoms with Crippen LogP contribution in [0.2, 0.25) is 0 Å². The monoisotopic (exact) mass is 197 g/mol. The van der Waals surface area contributed by atoms with Crippen molar-refractivity contribution in [3.8, 4) is 0 Å². The molecule has 1 saturated carbocycles. The number of hydrogen-bond donors (Lipinski definition) is 1. The maximum Gasteiger partial charge on any atom is 0.306 e. The Labute approximate surface area is 85.1 Å². The van der Waals surface area contributed by atoms with E-state index in [-0.39, 0.29) is 5.92 Å². The minimum absolute atomic E-state index is 0.0799. The van der Waals surface area contributed by atoms with Crippen LogP contribution in [0.4, 0.5) is 0 Å². The van der Waals surface area contributed by atoms with Crippen molar-refractivity contribution in [3.63, 3.8) is 0 Å². The summed E-state index contributed by atoms with van der Waals surface area (Å²) in [6.45, 7) is 4.28. The van der Waals surface area contributed by atoms with Gasteiger partial charge < -0.3 is 10.0 Å². The number of nitrogens with zero attached hydrogens (tertiary/aromatic N) is 1. The minimum atomic E-state index is -0.605. The highest BCUT2D eigenvalue weighted by atomic mass is 16.4. The van der Waals surface area contributed by atoms with E-state index in [4.69, 9.17) is 5.11 Å². The predicted octanol–water partition coefficient (Wildman–Crippen LogP) is 1.58. The SMILES string of the molecule is CC1CC(N2CCC(C(=O)O)CC2)C1. The van der Waals surface area contributed by atoms with Crippen molar-refractivity contribution in [1.82, 2.24) is 4.90 Å². The van der Waals surface area contributed by atoms with Crippen molar-refractivity contribution >= 4 is 5.97 Å². The lowest BCUT2D eigenvalue weighted by atomic mass is 9.79. The molecule has 0 unspecified atom stereocenters. The van der Waals surface area contributed by atoms with Gasteiger partial charge >= 0.3 is 5.97 Å². The van der Waals surface area contributed by atoms with Crippen molar-refractivity contribution in [3.05, 3.63) is 0 Å². The second-order valence-corrected chi connectivity index (χ2v) is 4.88. The van der Waals surface area contributed by atoms with Crippen LogP contribution in [0.3, 0.4) is 0 Å². The van der Waals surface area contributed by atoms with Gasteiger partial charge in [-0.05, 0) is 44.7 Å². The number of carboxylic acid groups (broad SMARTS) is 1. The van der Waals surface area contributed by atoms with Crippen molar-refractivity contribution in [2.24, 2.45) is 11.8 Å². The molecule has 1 aliphatic carbocycles. The Bertz CT molecular complexity index is 215. The molecule has 0 aromatic rings. The molecule has 3 heteroatoms. The highest BCUT2D eigenvalue weighted by molar-refractivity contribution is 5.70. The highest BCUT2D eigenvalue weighted by Gasteiger charge is 2.34. The fourth-order valence-corrected chi connectivity index (χ4v) is 2.67. The van der Waals surface area contributed by atoms with Gasteiger partial charge in [0.1, 0.15) is 0 Å². The summed E-state index contributed by atoms with van der Waals surface area (Å²) in [5.74, 6) is 0.201. The third-order valence-corrected chi connectivity index (χ3v) is 3.74. The van der Waals surface area contributed by atoms with Gasteiger partial charge in [-0.2, -0.15) is 0 Å². The van der Waals surface area contributed by atoms with Crippen LogP contribution in [0.25, 0.3) is 0 Å². The summed E-state index contributed by atoms with van der Waals surface area (Å²) in [6, 6.07) is 0.764. The fourth-order valence-electron chi connectivity index (χ4n) is 2.67. The van der Waals surface area contributed by atoms with Crippen molar-refractivity contribution < 1.29 is 9.90 Å². The lowest BCUT2D eigenvalue weighted by Crippen LogP contribution is -2.48. The average molecular weight is 197 g/mol. The molecular formula is C11H19NO2. The largest absolute Gasteiger partial charge is 0.481 e. The molecule has 0 amide bonds. The Morgan fingerprint density at radius 3 is 2.29 bits per heavy atom. The van der Waals surface area contributed by atoms with E-state index in [1.807, 2.05) is 0 Å². The van der Waals surface area contributed by atoms with Crippen LogP contribution in [0.5, 0.6) is 0 Å². The van der Waals surface area contributed by atoms with Gasteiger partial charge in [0.2, 0.25) is 0 Å². The molecular weight excluding hydrogens is 178 g/mol. The maximum absolute atomic E-state index is 10.7. The van der Waals surface area contributed by atoms with E-state index in [0.29, 0.717) is 0 Å². The molecule has 0 bridgehead atoms. The Morgan fingerprint density at radius 2 is 1.86 bits per heavy atom. The molecule has 0 spiro atoms. The molecule has 0 aromatic carbocycles. The molecule has 80 valence electrons. The molecule has 1 heterocycles. The average Bonchev–Trinajstić information content (AvgIpc) is 2.13. The van der Waals surface area contributed by atoms with E-state index < -0.39 is 5.97 Å². The van der Waals surface area contributed by atoms with E-state index in [1.165, 1.54) is 12.8 Å². The lowest BCUT2D eigenvalue weighted by Gasteiger charge is -2.44. The summed E-state index contributed by atoms with van der Waals surface area (Å²) in [5, 5.41) is 8.86. The first-order valence-electron chi connectivity index (χ1n) is 5.63. The number of likely N-dealkylation sites (tertiary alicyclic amines) is 1. The minimum Gasteiger partial charge on any atom is -0.481 e. The van der Waals surface area contributed by atoms with E-state index in [2.05, 4.69) is 11.8 Å². The number of carbonyl (C=O) groups is 1. The quantitative estimate of drug-likeness (QED) is 0.730. The topological polar surface area (TPSA) is 40.5 Å². The van der Waals surface area contributed by atoms with Gasteiger partial charge in [-0.25, -0.2) is 0 Å². The fraction of sp³-hybridized carbons (Fsp3) is 0.909. The van der Waals surface area contributed by atoms with Crippen LogP contribution in [-0.2, 0) is 4.79 Å². The molecule has 0 aromatic heterocycles. The van der Waals surface area contributed by atoms with E-state index >= 15 is 0 Å². The molecule has 0 radical (unpaired) electrons. The third kappa shape index (κ3) is 1.92. The van der Waals surface area contributed by atoms with Gasteiger partial charge in [-0.1, -0.05) is 6.92 Å². The molecule has 1 saturated heterocycles. The summed E-state index contributed by atoms with van der Waals surface area (Å²) in [4.78, 5) is 13.2. The molecule has 2 rings (SSSR count). The van der Waals surface area contributed by atoms with Gasteiger partial charge in [0.15, 0.2) is 0 Å². The van der Waals surface area contributed by atoms with Crippen LogP contribution < -0.4 is 0 Å². The molecule has 1 aliphatic heterocycles. The molecule has 0 atom stereocenters. The first-order chi connectivity index (χ1) is 6.66. The summed E-state index contributed by atoms with van der Waals surface area (Å²) in [5.41, 5.74) is 0. The van der Waals surface area contributed by atoms with Crippen LogP contribution in [0, 0.1) is 11.8 Å². The number of hydrogen-bond acceptors (Lipinski definition) is 2. The lowest BCUT2D eigenvalue weighted by molar-refractivity contribution is -0.143. The van der Waals surface area contributed by atoms with E-state index in [1.54, 1.807) is 0 Å². The summed E-state index contributed by atoms with van der Waals surface area (Å²) in [6.07, 6.45) is 4.33. The number of piperidine rings is 1. The smallest absolute Gasteiger partial charge is 0.306 e. The standard InChI is InChI=1S/C11H19NO2/c1-8-6-10(7-8)12-4-2-9(3-5-12)11(13)14/h8-10H,2-7H2,1H3,(H,13,14). The summed E-state index contributed by atoms with van der Waals surface area (Å²) < 4.78 is 0. The first-order valence-corrected chi connectivity index (χ1v) is 5.63. The van der Waals surface area contributed by atoms with E-state index in [9.17, 15) is 4.79 Å².